The number of hydrogen-bond acceptors (Lipinski definition) is 5. The first-order chi connectivity index (χ1) is 15.4. The predicted molar refractivity (Wildman–Crippen MR) is 116 cm³/mol. The predicted octanol–water partition coefficient (Wildman–Crippen LogP) is 3.56. The standard InChI is InChI=1S/C24H20N2O6/c27-21(14-17-8-3-1-4-9-17)25(22(28)15-18-10-5-2-6-11-18)23(24(29)30)19-12-7-13-20(16-19)26(31)32/h1-13,16,23H,14-15H2,(H,29,30). The van der Waals surface area contributed by atoms with Crippen molar-refractivity contribution in [2.45, 2.75) is 18.9 Å². The van der Waals surface area contributed by atoms with Crippen molar-refractivity contribution in [1.29, 1.82) is 0 Å². The number of carboxylic acids is 1. The number of hydrogen-bond donors (Lipinski definition) is 1. The van der Waals surface area contributed by atoms with Crippen molar-refractivity contribution in [2.24, 2.45) is 0 Å². The smallest absolute Gasteiger partial charge is 0.331 e. The zero-order valence-electron chi connectivity index (χ0n) is 17.0. The molecule has 3 aromatic rings. The largest absolute Gasteiger partial charge is 0.479 e. The van der Waals surface area contributed by atoms with Crippen LogP contribution in [-0.4, -0.2) is 32.7 Å². The molecule has 162 valence electrons. The Balaban J connectivity index is 2.02. The second-order valence-corrected chi connectivity index (χ2v) is 7.08. The third kappa shape index (κ3) is 5.42. The summed E-state index contributed by atoms with van der Waals surface area (Å²) >= 11 is 0. The molecule has 32 heavy (non-hydrogen) atoms. The molecule has 2 amide bonds. The van der Waals surface area contributed by atoms with E-state index in [9.17, 15) is 29.6 Å². The molecule has 0 radical (unpaired) electrons. The lowest BCUT2D eigenvalue weighted by molar-refractivity contribution is -0.384. The number of nitro groups is 1. The number of carbonyl (C=O) groups excluding carboxylic acids is 2. The van der Waals surface area contributed by atoms with Crippen LogP contribution >= 0.6 is 0 Å². The van der Waals surface area contributed by atoms with Crippen LogP contribution < -0.4 is 0 Å². The van der Waals surface area contributed by atoms with Gasteiger partial charge in [-0.3, -0.25) is 24.6 Å². The minimum Gasteiger partial charge on any atom is -0.479 e. The van der Waals surface area contributed by atoms with Crippen LogP contribution in [0.25, 0.3) is 0 Å². The van der Waals surface area contributed by atoms with Crippen LogP contribution in [0, 0.1) is 10.1 Å². The van der Waals surface area contributed by atoms with E-state index in [4.69, 9.17) is 0 Å². The second kappa shape index (κ2) is 10.1. The topological polar surface area (TPSA) is 118 Å². The van der Waals surface area contributed by atoms with Gasteiger partial charge >= 0.3 is 5.97 Å². The first-order valence-electron chi connectivity index (χ1n) is 9.76. The number of nitrogens with zero attached hydrogens (tertiary/aromatic N) is 2. The summed E-state index contributed by atoms with van der Waals surface area (Å²) in [5, 5.41) is 21.1. The molecular weight excluding hydrogens is 412 g/mol. The maximum absolute atomic E-state index is 13.2. The number of aliphatic carboxylic acids is 1. The number of amides is 2. The number of carbonyl (C=O) groups is 3. The van der Waals surface area contributed by atoms with Gasteiger partial charge in [0.25, 0.3) is 5.69 Å². The van der Waals surface area contributed by atoms with Crippen molar-refractivity contribution < 1.29 is 24.4 Å². The first-order valence-corrected chi connectivity index (χ1v) is 9.76. The SMILES string of the molecule is O=C(O)C(c1cccc([N+](=O)[O-])c1)N(C(=O)Cc1ccccc1)C(=O)Cc1ccccc1. The summed E-state index contributed by atoms with van der Waals surface area (Å²) in [5.41, 5.74) is 0.852. The Morgan fingerprint density at radius 1 is 0.812 bits per heavy atom. The molecule has 0 spiro atoms. The third-order valence-electron chi connectivity index (χ3n) is 4.82. The first kappa shape index (κ1) is 22.4. The van der Waals surface area contributed by atoms with Crippen LogP contribution in [0.15, 0.2) is 84.9 Å². The maximum Gasteiger partial charge on any atom is 0.331 e. The fourth-order valence-electron chi connectivity index (χ4n) is 3.35. The number of non-ortho nitro benzene ring substituents is 1. The Morgan fingerprint density at radius 2 is 1.31 bits per heavy atom. The van der Waals surface area contributed by atoms with E-state index in [1.165, 1.54) is 18.2 Å². The molecule has 0 aliphatic heterocycles. The molecule has 1 atom stereocenters. The Labute approximate surface area is 183 Å². The Kier molecular flexibility index (Phi) is 7.07. The highest BCUT2D eigenvalue weighted by atomic mass is 16.6. The van der Waals surface area contributed by atoms with Crippen molar-refractivity contribution in [1.82, 2.24) is 4.90 Å². The normalized spacial score (nSPS) is 11.4. The highest BCUT2D eigenvalue weighted by Gasteiger charge is 2.36. The monoisotopic (exact) mass is 432 g/mol. The molecule has 0 aliphatic carbocycles. The lowest BCUT2D eigenvalue weighted by Gasteiger charge is -2.28. The zero-order chi connectivity index (χ0) is 23.1. The summed E-state index contributed by atoms with van der Waals surface area (Å²) in [7, 11) is 0. The maximum atomic E-state index is 13.2. The molecule has 0 bridgehead atoms. The summed E-state index contributed by atoms with van der Waals surface area (Å²) in [6.07, 6.45) is -0.389. The van der Waals surface area contributed by atoms with E-state index in [1.54, 1.807) is 60.7 Å². The van der Waals surface area contributed by atoms with Gasteiger partial charge in [0, 0.05) is 12.1 Å². The van der Waals surface area contributed by atoms with E-state index in [0.29, 0.717) is 16.0 Å². The molecular formula is C24H20N2O6. The minimum atomic E-state index is -1.71. The van der Waals surface area contributed by atoms with Crippen LogP contribution in [-0.2, 0) is 27.2 Å². The molecule has 1 unspecified atom stereocenters. The summed E-state index contributed by atoms with van der Waals surface area (Å²) in [6.45, 7) is 0. The van der Waals surface area contributed by atoms with E-state index < -0.39 is 28.7 Å². The van der Waals surface area contributed by atoms with Gasteiger partial charge in [0.1, 0.15) is 0 Å². The average molecular weight is 432 g/mol. The molecule has 1 N–H and O–H groups in total. The summed E-state index contributed by atoms with van der Waals surface area (Å²) < 4.78 is 0. The summed E-state index contributed by atoms with van der Waals surface area (Å²) in [4.78, 5) is 49.8. The quantitative estimate of drug-likeness (QED) is 0.430. The molecule has 0 aliphatic rings. The number of benzene rings is 3. The highest BCUT2D eigenvalue weighted by molar-refractivity contribution is 6.01. The zero-order valence-corrected chi connectivity index (χ0v) is 17.0. The van der Waals surface area contributed by atoms with Crippen molar-refractivity contribution in [3.05, 3.63) is 112 Å². The summed E-state index contributed by atoms with van der Waals surface area (Å²) in [6, 6.07) is 20.5. The van der Waals surface area contributed by atoms with Gasteiger partial charge in [-0.15, -0.1) is 0 Å². The molecule has 8 heteroatoms. The Hall–Kier alpha value is -4.33. The second-order valence-electron chi connectivity index (χ2n) is 7.08. The number of imide groups is 1. The van der Waals surface area contributed by atoms with Crippen molar-refractivity contribution in [3.8, 4) is 0 Å². The molecule has 3 aromatic carbocycles. The van der Waals surface area contributed by atoms with Crippen LogP contribution in [0.1, 0.15) is 22.7 Å². The number of carboxylic acid groups (broad SMARTS) is 1. The summed E-state index contributed by atoms with van der Waals surface area (Å²) in [5.74, 6) is -2.89. The fourth-order valence-corrected chi connectivity index (χ4v) is 3.35. The van der Waals surface area contributed by atoms with E-state index in [2.05, 4.69) is 0 Å². The highest BCUT2D eigenvalue weighted by Crippen LogP contribution is 2.27. The van der Waals surface area contributed by atoms with Crippen LogP contribution in [0.5, 0.6) is 0 Å². The van der Waals surface area contributed by atoms with Gasteiger partial charge < -0.3 is 5.11 Å². The number of nitro benzene ring substituents is 1. The Morgan fingerprint density at radius 3 is 1.75 bits per heavy atom. The fraction of sp³-hybridized carbons (Fsp3) is 0.125. The number of rotatable bonds is 8. The van der Waals surface area contributed by atoms with E-state index in [0.717, 1.165) is 6.07 Å². The lowest BCUT2D eigenvalue weighted by Crippen LogP contribution is -2.44. The molecule has 0 saturated heterocycles. The van der Waals surface area contributed by atoms with Crippen LogP contribution in [0.4, 0.5) is 5.69 Å². The van der Waals surface area contributed by atoms with Crippen LogP contribution in [0.3, 0.4) is 0 Å². The van der Waals surface area contributed by atoms with Crippen molar-refractivity contribution >= 4 is 23.5 Å². The minimum absolute atomic E-state index is 0.0328. The Bertz CT molecular complexity index is 1080. The van der Waals surface area contributed by atoms with Gasteiger partial charge in [-0.05, 0) is 16.7 Å². The molecule has 0 saturated carbocycles. The van der Waals surface area contributed by atoms with E-state index >= 15 is 0 Å². The van der Waals surface area contributed by atoms with E-state index in [-0.39, 0.29) is 24.1 Å². The van der Waals surface area contributed by atoms with Gasteiger partial charge in [-0.2, -0.15) is 0 Å². The molecule has 0 heterocycles. The van der Waals surface area contributed by atoms with Gasteiger partial charge in [0.2, 0.25) is 11.8 Å². The van der Waals surface area contributed by atoms with Crippen molar-refractivity contribution in [3.63, 3.8) is 0 Å². The van der Waals surface area contributed by atoms with Crippen LogP contribution in [0.2, 0.25) is 0 Å². The molecule has 8 nitrogen and oxygen atoms in total. The van der Waals surface area contributed by atoms with Gasteiger partial charge in [0.05, 0.1) is 17.8 Å². The molecule has 0 aromatic heterocycles. The van der Waals surface area contributed by atoms with Gasteiger partial charge in [-0.1, -0.05) is 72.8 Å². The average Bonchev–Trinajstić information content (AvgIpc) is 2.78. The third-order valence-corrected chi connectivity index (χ3v) is 4.82. The lowest BCUT2D eigenvalue weighted by atomic mass is 10.0. The molecule has 0 fully saturated rings. The van der Waals surface area contributed by atoms with Crippen molar-refractivity contribution in [2.75, 3.05) is 0 Å². The molecule has 3 rings (SSSR count). The van der Waals surface area contributed by atoms with Gasteiger partial charge in [0.15, 0.2) is 6.04 Å². The van der Waals surface area contributed by atoms with Gasteiger partial charge in [-0.25, -0.2) is 4.79 Å². The van der Waals surface area contributed by atoms with E-state index in [1.807, 2.05) is 0 Å².